The van der Waals surface area contributed by atoms with Crippen molar-refractivity contribution >= 4 is 12.4 Å². The summed E-state index contributed by atoms with van der Waals surface area (Å²) in [5, 5.41) is 0. The normalized spacial score (nSPS) is 12.1. The summed E-state index contributed by atoms with van der Waals surface area (Å²) in [5.41, 5.74) is 8.04. The van der Waals surface area contributed by atoms with Gasteiger partial charge >= 0.3 is 0 Å². The molecule has 0 aliphatic carbocycles. The number of halogens is 1. The summed E-state index contributed by atoms with van der Waals surface area (Å²) in [6.07, 6.45) is 50.3. The molecular weight excluding hydrogens is 590 g/mol. The molecule has 2 heteroatoms. The second kappa shape index (κ2) is 38.3. The van der Waals surface area contributed by atoms with E-state index in [4.69, 9.17) is 5.73 Å². The summed E-state index contributed by atoms with van der Waals surface area (Å²) >= 11 is 0. The van der Waals surface area contributed by atoms with Crippen LogP contribution in [0.25, 0.3) is 0 Å². The van der Waals surface area contributed by atoms with Crippen LogP contribution in [0.2, 0.25) is 0 Å². The zero-order chi connectivity index (χ0) is 33.0. The topological polar surface area (TPSA) is 26.0 Å². The summed E-state index contributed by atoms with van der Waals surface area (Å²) in [6, 6.07) is 11.1. The fourth-order valence-electron chi connectivity index (χ4n) is 7.54. The summed E-state index contributed by atoms with van der Waals surface area (Å²) in [7, 11) is 0. The van der Waals surface area contributed by atoms with Gasteiger partial charge in [0.05, 0.1) is 0 Å². The molecule has 2 N–H and O–H groups in total. The van der Waals surface area contributed by atoms with Gasteiger partial charge in [-0.2, -0.15) is 0 Å². The number of benzene rings is 1. The minimum atomic E-state index is 0. The minimum absolute atomic E-state index is 0. The third-order valence-corrected chi connectivity index (χ3v) is 10.7. The van der Waals surface area contributed by atoms with Gasteiger partial charge in [0.1, 0.15) is 0 Å². The maximum atomic E-state index is 6.72. The van der Waals surface area contributed by atoms with Crippen molar-refractivity contribution in [3.8, 4) is 0 Å². The largest absolute Gasteiger partial charge is 0.324 e. The van der Waals surface area contributed by atoms with Crippen LogP contribution in [-0.2, 0) is 0 Å². The van der Waals surface area contributed by atoms with Gasteiger partial charge in [0.2, 0.25) is 0 Å². The third kappa shape index (κ3) is 32.4. The second-order valence-corrected chi connectivity index (χ2v) is 15.3. The molecule has 0 saturated carbocycles. The number of unbranched alkanes of at least 4 members (excludes halogenated alkanes) is 30. The standard InChI is InChI=1S/C45H85N.ClH/c1-3-5-7-9-11-13-15-17-19-21-23-25-27-29-31-34-38-43(42-45(46)44-40-36-33-37-41-44)39-35-32-30-28-26-24-22-20-18-16-14-12-10-8-6-4-2;/h33,36-37,40-41,43,45H,3-32,34-35,38-39,42,46H2,1-2H3;1H. The van der Waals surface area contributed by atoms with Crippen molar-refractivity contribution in [1.29, 1.82) is 0 Å². The molecule has 0 amide bonds. The summed E-state index contributed by atoms with van der Waals surface area (Å²) in [4.78, 5) is 0. The quantitative estimate of drug-likeness (QED) is 0.0698. The monoisotopic (exact) mass is 676 g/mol. The average Bonchev–Trinajstić information content (AvgIpc) is 3.08. The van der Waals surface area contributed by atoms with Gasteiger partial charge in [-0.25, -0.2) is 0 Å². The van der Waals surface area contributed by atoms with Crippen molar-refractivity contribution in [3.63, 3.8) is 0 Å². The molecule has 1 aromatic rings. The second-order valence-electron chi connectivity index (χ2n) is 15.3. The summed E-state index contributed by atoms with van der Waals surface area (Å²) in [5.74, 6) is 0.800. The van der Waals surface area contributed by atoms with Gasteiger partial charge < -0.3 is 5.73 Å². The molecule has 0 spiro atoms. The van der Waals surface area contributed by atoms with E-state index in [0.717, 1.165) is 5.92 Å². The van der Waals surface area contributed by atoms with Crippen LogP contribution in [0, 0.1) is 5.92 Å². The number of hydrogen-bond acceptors (Lipinski definition) is 1. The zero-order valence-corrected chi connectivity index (χ0v) is 33.1. The highest BCUT2D eigenvalue weighted by Gasteiger charge is 2.15. The minimum Gasteiger partial charge on any atom is -0.324 e. The van der Waals surface area contributed by atoms with E-state index in [9.17, 15) is 0 Å². The maximum absolute atomic E-state index is 6.72. The first-order chi connectivity index (χ1) is 22.8. The highest BCUT2D eigenvalue weighted by molar-refractivity contribution is 5.85. The highest BCUT2D eigenvalue weighted by Crippen LogP contribution is 2.28. The smallest absolute Gasteiger partial charge is 0.0297 e. The van der Waals surface area contributed by atoms with Crippen LogP contribution in [0.3, 0.4) is 0 Å². The SMILES string of the molecule is CCCCCCCCCCCCCCCCCCC(CCCCCCCCCCCCCCCCCC)CC(N)c1ccccc1.Cl. The molecule has 0 aliphatic rings. The molecular formula is C45H86ClN. The molecule has 0 bridgehead atoms. The Bertz CT molecular complexity index is 654. The predicted octanol–water partition coefficient (Wildman–Crippen LogP) is 16.4. The summed E-state index contributed by atoms with van der Waals surface area (Å²) in [6.45, 7) is 4.62. The van der Waals surface area contributed by atoms with Crippen LogP contribution < -0.4 is 5.73 Å². The average molecular weight is 677 g/mol. The molecule has 0 aliphatic heterocycles. The van der Waals surface area contributed by atoms with E-state index in [1.807, 2.05) is 0 Å². The maximum Gasteiger partial charge on any atom is 0.0297 e. The number of nitrogens with two attached hydrogens (primary N) is 1. The van der Waals surface area contributed by atoms with Crippen molar-refractivity contribution in [2.75, 3.05) is 0 Å². The van der Waals surface area contributed by atoms with Crippen LogP contribution >= 0.6 is 12.4 Å². The fraction of sp³-hybridized carbons (Fsp3) is 0.867. The van der Waals surface area contributed by atoms with E-state index in [1.165, 1.54) is 230 Å². The van der Waals surface area contributed by atoms with Gasteiger partial charge in [0.25, 0.3) is 0 Å². The molecule has 1 nitrogen and oxygen atoms in total. The third-order valence-electron chi connectivity index (χ3n) is 10.7. The van der Waals surface area contributed by atoms with Gasteiger partial charge in [-0.1, -0.05) is 262 Å². The van der Waals surface area contributed by atoms with E-state index in [2.05, 4.69) is 44.2 Å². The van der Waals surface area contributed by atoms with Gasteiger partial charge in [-0.3, -0.25) is 0 Å². The molecule has 1 atom stereocenters. The van der Waals surface area contributed by atoms with Crippen LogP contribution in [0.1, 0.15) is 250 Å². The van der Waals surface area contributed by atoms with Gasteiger partial charge in [0, 0.05) is 6.04 Å². The first kappa shape index (κ1) is 46.5. The fourth-order valence-corrected chi connectivity index (χ4v) is 7.54. The molecule has 0 fully saturated rings. The van der Waals surface area contributed by atoms with Crippen LogP contribution in [0.4, 0.5) is 0 Å². The van der Waals surface area contributed by atoms with Crippen molar-refractivity contribution in [2.45, 2.75) is 245 Å². The van der Waals surface area contributed by atoms with Crippen LogP contribution in [0.5, 0.6) is 0 Å². The van der Waals surface area contributed by atoms with Crippen LogP contribution in [0.15, 0.2) is 30.3 Å². The Morgan fingerprint density at radius 1 is 0.383 bits per heavy atom. The molecule has 0 saturated heterocycles. The van der Waals surface area contributed by atoms with Crippen LogP contribution in [-0.4, -0.2) is 0 Å². The number of rotatable bonds is 37. The van der Waals surface area contributed by atoms with Gasteiger partial charge in [-0.15, -0.1) is 12.4 Å². The Kier molecular flexibility index (Phi) is 37.8. The molecule has 1 aromatic carbocycles. The van der Waals surface area contributed by atoms with Crippen molar-refractivity contribution in [1.82, 2.24) is 0 Å². The van der Waals surface area contributed by atoms with E-state index in [0.29, 0.717) is 0 Å². The lowest BCUT2D eigenvalue weighted by Gasteiger charge is -2.21. The molecule has 278 valence electrons. The Hall–Kier alpha value is -0.530. The molecule has 0 radical (unpaired) electrons. The Morgan fingerprint density at radius 2 is 0.638 bits per heavy atom. The molecule has 0 aromatic heterocycles. The van der Waals surface area contributed by atoms with Crippen molar-refractivity contribution in [3.05, 3.63) is 35.9 Å². The van der Waals surface area contributed by atoms with E-state index < -0.39 is 0 Å². The first-order valence-corrected chi connectivity index (χ1v) is 21.6. The van der Waals surface area contributed by atoms with Crippen molar-refractivity contribution < 1.29 is 0 Å². The Morgan fingerprint density at radius 3 is 0.915 bits per heavy atom. The number of hydrogen-bond donors (Lipinski definition) is 1. The van der Waals surface area contributed by atoms with E-state index in [1.54, 1.807) is 0 Å². The highest BCUT2D eigenvalue weighted by atomic mass is 35.5. The Balaban J connectivity index is 0.0000212. The van der Waals surface area contributed by atoms with E-state index in [-0.39, 0.29) is 18.4 Å². The lowest BCUT2D eigenvalue weighted by molar-refractivity contribution is 0.355. The van der Waals surface area contributed by atoms with Crippen molar-refractivity contribution in [2.24, 2.45) is 11.7 Å². The lowest BCUT2D eigenvalue weighted by atomic mass is 9.87. The molecule has 1 unspecified atom stereocenters. The molecule has 1 rings (SSSR count). The zero-order valence-electron chi connectivity index (χ0n) is 32.3. The summed E-state index contributed by atoms with van der Waals surface area (Å²) < 4.78 is 0. The molecule has 47 heavy (non-hydrogen) atoms. The van der Waals surface area contributed by atoms with Gasteiger partial charge in [-0.05, 0) is 17.9 Å². The first-order valence-electron chi connectivity index (χ1n) is 21.6. The lowest BCUT2D eigenvalue weighted by Crippen LogP contribution is -2.16. The predicted molar refractivity (Wildman–Crippen MR) is 217 cm³/mol. The Labute approximate surface area is 303 Å². The molecule has 0 heterocycles. The van der Waals surface area contributed by atoms with E-state index >= 15 is 0 Å². The van der Waals surface area contributed by atoms with Gasteiger partial charge in [0.15, 0.2) is 0 Å².